The first-order valence-corrected chi connectivity index (χ1v) is 10.5. The fraction of sp³-hybridized carbons (Fsp3) is 0.545. The number of ether oxygens (including phenoxy) is 2. The Kier molecular flexibility index (Phi) is 6.34. The number of hydrogen-bond acceptors (Lipinski definition) is 7. The molecule has 2 fully saturated rings. The van der Waals surface area contributed by atoms with Crippen molar-refractivity contribution in [2.45, 2.75) is 57.2 Å². The van der Waals surface area contributed by atoms with E-state index in [1.165, 1.54) is 12.8 Å². The maximum atomic E-state index is 9.59. The molecule has 1 saturated heterocycles. The van der Waals surface area contributed by atoms with Gasteiger partial charge in [0.25, 0.3) is 0 Å². The van der Waals surface area contributed by atoms with Gasteiger partial charge in [0, 0.05) is 24.7 Å². The number of aromatic nitrogens is 2. The van der Waals surface area contributed by atoms with Crippen molar-refractivity contribution in [2.24, 2.45) is 0 Å². The molecule has 29 heavy (non-hydrogen) atoms. The Labute approximate surface area is 172 Å². The third-order valence-corrected chi connectivity index (χ3v) is 5.86. The molecule has 1 aromatic heterocycles. The lowest BCUT2D eigenvalue weighted by Crippen LogP contribution is -2.32. The van der Waals surface area contributed by atoms with Gasteiger partial charge in [0.05, 0.1) is 25.9 Å². The van der Waals surface area contributed by atoms with Crippen molar-refractivity contribution in [3.63, 3.8) is 0 Å². The summed E-state index contributed by atoms with van der Waals surface area (Å²) in [5.41, 5.74) is 1.05. The first-order valence-electron chi connectivity index (χ1n) is 10.5. The second-order valence-electron chi connectivity index (χ2n) is 7.76. The van der Waals surface area contributed by atoms with E-state index in [-0.39, 0.29) is 18.8 Å². The zero-order chi connectivity index (χ0) is 20.1. The fourth-order valence-corrected chi connectivity index (χ4v) is 4.28. The average molecular weight is 399 g/mol. The predicted molar refractivity (Wildman–Crippen MR) is 113 cm³/mol. The first-order chi connectivity index (χ1) is 14.3. The van der Waals surface area contributed by atoms with E-state index >= 15 is 0 Å². The van der Waals surface area contributed by atoms with Crippen LogP contribution in [-0.4, -0.2) is 47.5 Å². The van der Waals surface area contributed by atoms with Gasteiger partial charge in [-0.3, -0.25) is 0 Å². The quantitative estimate of drug-likeness (QED) is 0.706. The molecule has 156 valence electrons. The molecule has 1 aliphatic carbocycles. The minimum Gasteiger partial charge on any atom is -0.493 e. The number of nitrogens with zero attached hydrogens (tertiary/aromatic N) is 3. The number of nitrogens with one attached hydrogen (secondary N) is 1. The van der Waals surface area contributed by atoms with Crippen LogP contribution in [0.25, 0.3) is 0 Å². The Balaban J connectivity index is 1.48. The lowest BCUT2D eigenvalue weighted by atomic mass is 10.1. The summed E-state index contributed by atoms with van der Waals surface area (Å²) in [4.78, 5) is 10.9. The van der Waals surface area contributed by atoms with Crippen LogP contribution in [0.1, 0.15) is 44.1 Å². The van der Waals surface area contributed by atoms with E-state index in [2.05, 4.69) is 26.3 Å². The van der Waals surface area contributed by atoms with Crippen LogP contribution in [-0.2, 0) is 6.54 Å². The molecule has 2 heterocycles. The van der Waals surface area contributed by atoms with Gasteiger partial charge in [-0.25, -0.2) is 9.97 Å². The van der Waals surface area contributed by atoms with E-state index in [1.807, 2.05) is 18.2 Å². The normalized spacial score (nSPS) is 19.5. The second kappa shape index (κ2) is 9.31. The molecule has 1 aromatic carbocycles. The monoisotopic (exact) mass is 398 g/mol. The molecule has 2 aromatic rings. The van der Waals surface area contributed by atoms with Crippen molar-refractivity contribution >= 4 is 11.6 Å². The minimum atomic E-state index is 0.141. The molecule has 0 radical (unpaired) electrons. The van der Waals surface area contributed by atoms with Crippen LogP contribution in [0, 0.1) is 0 Å². The standard InChI is InChI=1S/C22H30N4O3/c1-28-19-10-4-6-16(22(19)29-18-8-2-3-9-18)13-23-20-12-21(25-15-24-20)26-11-5-7-17(26)14-27/h4,6,10,12,15,17-18,27H,2-3,5,7-9,11,13-14H2,1H3,(H,23,24,25). The van der Waals surface area contributed by atoms with Crippen molar-refractivity contribution in [2.75, 3.05) is 30.5 Å². The summed E-state index contributed by atoms with van der Waals surface area (Å²) in [5, 5.41) is 13.0. The summed E-state index contributed by atoms with van der Waals surface area (Å²) in [6.45, 7) is 1.65. The van der Waals surface area contributed by atoms with Crippen molar-refractivity contribution in [3.05, 3.63) is 36.2 Å². The zero-order valence-electron chi connectivity index (χ0n) is 17.0. The van der Waals surface area contributed by atoms with E-state index in [1.54, 1.807) is 13.4 Å². The van der Waals surface area contributed by atoms with Gasteiger partial charge in [-0.2, -0.15) is 0 Å². The number of hydrogen-bond donors (Lipinski definition) is 2. The van der Waals surface area contributed by atoms with Crippen LogP contribution in [0.15, 0.2) is 30.6 Å². The third-order valence-electron chi connectivity index (χ3n) is 5.86. The Morgan fingerprint density at radius 2 is 2.03 bits per heavy atom. The van der Waals surface area contributed by atoms with Gasteiger partial charge < -0.3 is 24.8 Å². The summed E-state index contributed by atoms with van der Waals surface area (Å²) < 4.78 is 11.9. The van der Waals surface area contributed by atoms with Crippen LogP contribution in [0.3, 0.4) is 0 Å². The molecule has 0 amide bonds. The van der Waals surface area contributed by atoms with Gasteiger partial charge in [0.1, 0.15) is 18.0 Å². The highest BCUT2D eigenvalue weighted by Crippen LogP contribution is 2.35. The molecule has 0 bridgehead atoms. The number of anilines is 2. The van der Waals surface area contributed by atoms with Crippen LogP contribution in [0.4, 0.5) is 11.6 Å². The Morgan fingerprint density at radius 3 is 2.83 bits per heavy atom. The molecule has 7 heteroatoms. The summed E-state index contributed by atoms with van der Waals surface area (Å²) in [6, 6.07) is 8.08. The molecule has 0 spiro atoms. The third kappa shape index (κ3) is 4.56. The van der Waals surface area contributed by atoms with Gasteiger partial charge in [-0.05, 0) is 44.6 Å². The lowest BCUT2D eigenvalue weighted by molar-refractivity contribution is 0.199. The molecule has 1 aliphatic heterocycles. The zero-order valence-corrected chi connectivity index (χ0v) is 17.0. The van der Waals surface area contributed by atoms with Gasteiger partial charge in [0.15, 0.2) is 11.5 Å². The second-order valence-corrected chi connectivity index (χ2v) is 7.76. The van der Waals surface area contributed by atoms with Crippen molar-refractivity contribution in [3.8, 4) is 11.5 Å². The number of rotatable bonds is 8. The minimum absolute atomic E-state index is 0.141. The molecule has 2 aliphatic rings. The van der Waals surface area contributed by atoms with Crippen molar-refractivity contribution < 1.29 is 14.6 Å². The fourth-order valence-electron chi connectivity index (χ4n) is 4.28. The summed E-state index contributed by atoms with van der Waals surface area (Å²) in [6.07, 6.45) is 8.56. The number of para-hydroxylation sites is 1. The van der Waals surface area contributed by atoms with Gasteiger partial charge in [-0.15, -0.1) is 0 Å². The average Bonchev–Trinajstić information content (AvgIpc) is 3.45. The van der Waals surface area contributed by atoms with Crippen LogP contribution >= 0.6 is 0 Å². The first kappa shape index (κ1) is 19.8. The van der Waals surface area contributed by atoms with E-state index in [4.69, 9.17) is 9.47 Å². The lowest BCUT2D eigenvalue weighted by Gasteiger charge is -2.24. The Morgan fingerprint density at radius 1 is 1.17 bits per heavy atom. The van der Waals surface area contributed by atoms with Crippen LogP contribution < -0.4 is 19.7 Å². The summed E-state index contributed by atoms with van der Waals surface area (Å²) in [7, 11) is 1.68. The van der Waals surface area contributed by atoms with Crippen LogP contribution in [0.5, 0.6) is 11.5 Å². The number of methoxy groups -OCH3 is 1. The maximum Gasteiger partial charge on any atom is 0.166 e. The molecular weight excluding hydrogens is 368 g/mol. The summed E-state index contributed by atoms with van der Waals surface area (Å²) in [5.74, 6) is 3.20. The molecule has 1 unspecified atom stereocenters. The van der Waals surface area contributed by atoms with E-state index < -0.39 is 0 Å². The van der Waals surface area contributed by atoms with Gasteiger partial charge in [-0.1, -0.05) is 12.1 Å². The van der Waals surface area contributed by atoms with Crippen molar-refractivity contribution in [1.29, 1.82) is 0 Å². The molecule has 4 rings (SSSR count). The highest BCUT2D eigenvalue weighted by Gasteiger charge is 2.25. The van der Waals surface area contributed by atoms with E-state index in [0.717, 1.165) is 60.9 Å². The Hall–Kier alpha value is -2.54. The highest BCUT2D eigenvalue weighted by atomic mass is 16.5. The summed E-state index contributed by atoms with van der Waals surface area (Å²) >= 11 is 0. The molecular formula is C22H30N4O3. The number of aliphatic hydroxyl groups excluding tert-OH is 1. The smallest absolute Gasteiger partial charge is 0.166 e. The topological polar surface area (TPSA) is 79.7 Å². The number of benzene rings is 1. The Bertz CT molecular complexity index is 810. The van der Waals surface area contributed by atoms with Crippen LogP contribution in [0.2, 0.25) is 0 Å². The highest BCUT2D eigenvalue weighted by molar-refractivity contribution is 5.52. The molecule has 1 saturated carbocycles. The SMILES string of the molecule is COc1cccc(CNc2cc(N3CCCC3CO)ncn2)c1OC1CCCC1. The van der Waals surface area contributed by atoms with E-state index in [9.17, 15) is 5.11 Å². The molecule has 2 N–H and O–H groups in total. The predicted octanol–water partition coefficient (Wildman–Crippen LogP) is 3.38. The largest absolute Gasteiger partial charge is 0.493 e. The van der Waals surface area contributed by atoms with E-state index in [0.29, 0.717) is 6.54 Å². The maximum absolute atomic E-state index is 9.59. The van der Waals surface area contributed by atoms with Gasteiger partial charge >= 0.3 is 0 Å². The van der Waals surface area contributed by atoms with Crippen molar-refractivity contribution in [1.82, 2.24) is 9.97 Å². The molecule has 1 atom stereocenters. The molecule has 7 nitrogen and oxygen atoms in total. The number of aliphatic hydroxyl groups is 1. The van der Waals surface area contributed by atoms with Gasteiger partial charge in [0.2, 0.25) is 0 Å².